The number of ether oxygens (including phenoxy) is 2. The van der Waals surface area contributed by atoms with Crippen molar-refractivity contribution >= 4 is 17.8 Å². The van der Waals surface area contributed by atoms with Crippen LogP contribution in [-0.2, 0) is 20.9 Å². The van der Waals surface area contributed by atoms with Crippen molar-refractivity contribution in [3.8, 4) is 0 Å². The normalized spacial score (nSPS) is 11.7. The summed E-state index contributed by atoms with van der Waals surface area (Å²) in [7, 11) is 0. The lowest BCUT2D eigenvalue weighted by molar-refractivity contribution is -0.148. The van der Waals surface area contributed by atoms with Gasteiger partial charge in [-0.2, -0.15) is 0 Å². The molecule has 1 atom stereocenters. The average molecular weight is 317 g/mol. The first-order valence-electron chi connectivity index (χ1n) is 7.24. The maximum Gasteiger partial charge on any atom is 0.360 e. The standard InChI is InChI=1S/C16H19N3O4/c1-3-22-16(21)13-14(17)19(10-18-13)11(2)15(20)23-9-12-7-5-4-6-8-12/h4-8,10-11H,3,9,17H2,1-2H3/t11-/m1/s1. The van der Waals surface area contributed by atoms with Gasteiger partial charge in [0.25, 0.3) is 0 Å². The van der Waals surface area contributed by atoms with E-state index in [0.29, 0.717) is 0 Å². The molecule has 7 heteroatoms. The molecule has 1 heterocycles. The smallest absolute Gasteiger partial charge is 0.360 e. The lowest BCUT2D eigenvalue weighted by Crippen LogP contribution is -2.20. The van der Waals surface area contributed by atoms with Gasteiger partial charge in [-0.15, -0.1) is 0 Å². The monoisotopic (exact) mass is 317 g/mol. The van der Waals surface area contributed by atoms with Crippen LogP contribution in [0.5, 0.6) is 0 Å². The number of carbonyl (C=O) groups excluding carboxylic acids is 2. The second-order valence-corrected chi connectivity index (χ2v) is 4.88. The van der Waals surface area contributed by atoms with Crippen molar-refractivity contribution in [2.24, 2.45) is 0 Å². The van der Waals surface area contributed by atoms with Gasteiger partial charge in [0.15, 0.2) is 5.69 Å². The highest BCUT2D eigenvalue weighted by molar-refractivity contribution is 5.92. The van der Waals surface area contributed by atoms with E-state index < -0.39 is 18.0 Å². The maximum absolute atomic E-state index is 12.1. The van der Waals surface area contributed by atoms with Gasteiger partial charge in [0, 0.05) is 0 Å². The number of nitrogens with zero attached hydrogens (tertiary/aromatic N) is 2. The van der Waals surface area contributed by atoms with Crippen molar-refractivity contribution in [2.75, 3.05) is 12.3 Å². The van der Waals surface area contributed by atoms with Crippen LogP contribution in [-0.4, -0.2) is 28.1 Å². The highest BCUT2D eigenvalue weighted by atomic mass is 16.5. The summed E-state index contributed by atoms with van der Waals surface area (Å²) >= 11 is 0. The number of nitrogens with two attached hydrogens (primary N) is 1. The first kappa shape index (κ1) is 16.5. The lowest BCUT2D eigenvalue weighted by atomic mass is 10.2. The van der Waals surface area contributed by atoms with Gasteiger partial charge in [0.2, 0.25) is 0 Å². The minimum atomic E-state index is -0.700. The molecule has 0 amide bonds. The van der Waals surface area contributed by atoms with Gasteiger partial charge in [0.1, 0.15) is 18.5 Å². The number of imidazole rings is 1. The molecule has 0 fully saturated rings. The van der Waals surface area contributed by atoms with Crippen LogP contribution in [0, 0.1) is 0 Å². The van der Waals surface area contributed by atoms with E-state index in [-0.39, 0.29) is 24.7 Å². The van der Waals surface area contributed by atoms with Crippen LogP contribution in [0.25, 0.3) is 0 Å². The van der Waals surface area contributed by atoms with Crippen molar-refractivity contribution in [1.29, 1.82) is 0 Å². The zero-order chi connectivity index (χ0) is 16.8. The first-order valence-corrected chi connectivity index (χ1v) is 7.24. The van der Waals surface area contributed by atoms with Crippen molar-refractivity contribution in [1.82, 2.24) is 9.55 Å². The molecular formula is C16H19N3O4. The molecular weight excluding hydrogens is 298 g/mol. The second kappa shape index (κ2) is 7.44. The second-order valence-electron chi connectivity index (χ2n) is 4.88. The molecule has 0 bridgehead atoms. The van der Waals surface area contributed by atoms with E-state index in [0.717, 1.165) is 5.56 Å². The fourth-order valence-electron chi connectivity index (χ4n) is 2.00. The quantitative estimate of drug-likeness (QED) is 0.818. The number of rotatable bonds is 6. The molecule has 7 nitrogen and oxygen atoms in total. The minimum Gasteiger partial charge on any atom is -0.461 e. The maximum atomic E-state index is 12.1. The third kappa shape index (κ3) is 3.88. The Morgan fingerprint density at radius 1 is 1.26 bits per heavy atom. The number of anilines is 1. The van der Waals surface area contributed by atoms with E-state index in [2.05, 4.69) is 4.98 Å². The summed E-state index contributed by atoms with van der Waals surface area (Å²) in [4.78, 5) is 27.7. The fourth-order valence-corrected chi connectivity index (χ4v) is 2.00. The van der Waals surface area contributed by atoms with E-state index >= 15 is 0 Å². The molecule has 2 N–H and O–H groups in total. The minimum absolute atomic E-state index is 0.00504. The molecule has 0 aliphatic rings. The molecule has 0 saturated heterocycles. The summed E-state index contributed by atoms with van der Waals surface area (Å²) < 4.78 is 11.5. The molecule has 0 radical (unpaired) electrons. The Morgan fingerprint density at radius 3 is 2.61 bits per heavy atom. The van der Waals surface area contributed by atoms with Gasteiger partial charge in [-0.05, 0) is 19.4 Å². The lowest BCUT2D eigenvalue weighted by Gasteiger charge is -2.14. The largest absolute Gasteiger partial charge is 0.461 e. The summed E-state index contributed by atoms with van der Waals surface area (Å²) in [5, 5.41) is 0. The Kier molecular flexibility index (Phi) is 5.35. The number of benzene rings is 1. The van der Waals surface area contributed by atoms with Crippen LogP contribution in [0.3, 0.4) is 0 Å². The number of esters is 2. The summed E-state index contributed by atoms with van der Waals surface area (Å²) in [6.45, 7) is 3.71. The number of hydrogen-bond donors (Lipinski definition) is 1. The van der Waals surface area contributed by atoms with Gasteiger partial charge >= 0.3 is 11.9 Å². The zero-order valence-electron chi connectivity index (χ0n) is 13.1. The SMILES string of the molecule is CCOC(=O)c1ncn([C@H](C)C(=O)OCc2ccccc2)c1N. The van der Waals surface area contributed by atoms with E-state index in [1.807, 2.05) is 30.3 Å². The predicted molar refractivity (Wildman–Crippen MR) is 83.5 cm³/mol. The first-order chi connectivity index (χ1) is 11.0. The molecule has 2 rings (SSSR count). The van der Waals surface area contributed by atoms with E-state index in [4.69, 9.17) is 15.2 Å². The van der Waals surface area contributed by atoms with Gasteiger partial charge < -0.3 is 19.8 Å². The predicted octanol–water partition coefficient (Wildman–Crippen LogP) is 1.95. The highest BCUT2D eigenvalue weighted by Crippen LogP contribution is 2.19. The number of nitrogen functional groups attached to an aromatic ring is 1. The van der Waals surface area contributed by atoms with Gasteiger partial charge in [-0.25, -0.2) is 14.6 Å². The third-order valence-corrected chi connectivity index (χ3v) is 3.28. The summed E-state index contributed by atoms with van der Waals surface area (Å²) in [6, 6.07) is 8.65. The number of aromatic nitrogens is 2. The van der Waals surface area contributed by atoms with Crippen molar-refractivity contribution in [3.63, 3.8) is 0 Å². The number of hydrogen-bond acceptors (Lipinski definition) is 6. The van der Waals surface area contributed by atoms with Crippen molar-refractivity contribution in [3.05, 3.63) is 47.9 Å². The van der Waals surface area contributed by atoms with Crippen LogP contribution in [0.15, 0.2) is 36.7 Å². The molecule has 122 valence electrons. The highest BCUT2D eigenvalue weighted by Gasteiger charge is 2.23. The molecule has 0 aliphatic carbocycles. The van der Waals surface area contributed by atoms with Crippen LogP contribution in [0.1, 0.15) is 35.9 Å². The van der Waals surface area contributed by atoms with Crippen molar-refractivity contribution < 1.29 is 19.1 Å². The molecule has 0 unspecified atom stereocenters. The summed E-state index contributed by atoms with van der Waals surface area (Å²) in [6.07, 6.45) is 1.33. The Labute approximate surface area is 134 Å². The topological polar surface area (TPSA) is 96.4 Å². The van der Waals surface area contributed by atoms with E-state index in [1.54, 1.807) is 13.8 Å². The Balaban J connectivity index is 2.03. The molecule has 0 aliphatic heterocycles. The van der Waals surface area contributed by atoms with E-state index in [9.17, 15) is 9.59 Å². The summed E-state index contributed by atoms with van der Waals surface area (Å²) in [5.74, 6) is -1.01. The molecule has 0 spiro atoms. The van der Waals surface area contributed by atoms with Crippen LogP contribution in [0.4, 0.5) is 5.82 Å². The Hall–Kier alpha value is -2.83. The molecule has 1 aromatic carbocycles. The number of carbonyl (C=O) groups is 2. The fraction of sp³-hybridized carbons (Fsp3) is 0.312. The van der Waals surface area contributed by atoms with Crippen molar-refractivity contribution in [2.45, 2.75) is 26.5 Å². The average Bonchev–Trinajstić information content (AvgIpc) is 2.94. The Morgan fingerprint density at radius 2 is 1.96 bits per heavy atom. The Bertz CT molecular complexity index is 682. The zero-order valence-corrected chi connectivity index (χ0v) is 13.1. The van der Waals surface area contributed by atoms with Crippen LogP contribution < -0.4 is 5.73 Å². The van der Waals surface area contributed by atoms with Crippen LogP contribution in [0.2, 0.25) is 0 Å². The van der Waals surface area contributed by atoms with Gasteiger partial charge in [-0.1, -0.05) is 30.3 Å². The molecule has 2 aromatic rings. The molecule has 0 saturated carbocycles. The van der Waals surface area contributed by atoms with Crippen LogP contribution >= 0.6 is 0 Å². The van der Waals surface area contributed by atoms with E-state index in [1.165, 1.54) is 10.9 Å². The van der Waals surface area contributed by atoms with Gasteiger partial charge in [0.05, 0.1) is 12.9 Å². The third-order valence-electron chi connectivity index (χ3n) is 3.28. The molecule has 23 heavy (non-hydrogen) atoms. The molecule has 1 aromatic heterocycles. The van der Waals surface area contributed by atoms with Gasteiger partial charge in [-0.3, -0.25) is 0 Å². The summed E-state index contributed by atoms with van der Waals surface area (Å²) in [5.41, 5.74) is 6.76.